The van der Waals surface area contributed by atoms with Crippen LogP contribution < -0.4 is 0 Å². The second kappa shape index (κ2) is 9.74. The molecule has 1 aromatic rings. The van der Waals surface area contributed by atoms with E-state index in [0.717, 1.165) is 4.90 Å². The van der Waals surface area contributed by atoms with E-state index in [9.17, 15) is 9.18 Å². The van der Waals surface area contributed by atoms with Gasteiger partial charge in [-0.15, -0.1) is 0 Å². The lowest BCUT2D eigenvalue weighted by Gasteiger charge is -2.13. The Morgan fingerprint density at radius 1 is 1.35 bits per heavy atom. The number of carbonyl (C=O) groups is 1. The fourth-order valence-corrected chi connectivity index (χ4v) is 1.92. The van der Waals surface area contributed by atoms with Crippen molar-refractivity contribution < 1.29 is 22.8 Å². The quantitative estimate of drug-likeness (QED) is 0.518. The minimum Gasteiger partial charge on any atom is -0.469 e. The predicted molar refractivity (Wildman–Crippen MR) is 75.3 cm³/mol. The van der Waals surface area contributed by atoms with Gasteiger partial charge in [-0.05, 0) is 19.1 Å². The van der Waals surface area contributed by atoms with Crippen LogP contribution in [0.25, 0.3) is 0 Å². The van der Waals surface area contributed by atoms with Crippen LogP contribution in [0.4, 0.5) is 4.39 Å². The Labute approximate surface area is 122 Å². The van der Waals surface area contributed by atoms with Crippen LogP contribution >= 0.6 is 12.0 Å². The Bertz CT molecular complexity index is 397. The van der Waals surface area contributed by atoms with Crippen LogP contribution in [0.5, 0.6) is 0 Å². The van der Waals surface area contributed by atoms with Gasteiger partial charge in [-0.3, -0.25) is 4.79 Å². The average Bonchev–Trinajstić information content (AvgIpc) is 2.47. The van der Waals surface area contributed by atoms with E-state index in [0.29, 0.717) is 0 Å². The molecular formula is C14H19FO4S. The number of carbonyl (C=O) groups excluding carboxylic acids is 1. The van der Waals surface area contributed by atoms with Crippen LogP contribution in [0.3, 0.4) is 0 Å². The first-order chi connectivity index (χ1) is 9.65. The van der Waals surface area contributed by atoms with Crippen molar-refractivity contribution in [2.45, 2.75) is 24.3 Å². The molecule has 4 nitrogen and oxygen atoms in total. The maximum Gasteiger partial charge on any atom is 0.307 e. The van der Waals surface area contributed by atoms with Crippen LogP contribution in [0.15, 0.2) is 29.2 Å². The third-order valence-corrected chi connectivity index (χ3v) is 3.21. The molecule has 0 amide bonds. The zero-order valence-corrected chi connectivity index (χ0v) is 12.5. The summed E-state index contributed by atoms with van der Waals surface area (Å²) in [6, 6.07) is 7.82. The maximum absolute atomic E-state index is 12.7. The molecular weight excluding hydrogens is 283 g/mol. The number of esters is 1. The van der Waals surface area contributed by atoms with Crippen molar-refractivity contribution in [1.82, 2.24) is 0 Å². The van der Waals surface area contributed by atoms with Crippen LogP contribution in [0, 0.1) is 6.92 Å². The van der Waals surface area contributed by atoms with E-state index in [1.54, 1.807) is 0 Å². The zero-order valence-electron chi connectivity index (χ0n) is 11.6. The minimum atomic E-state index is -0.669. The third kappa shape index (κ3) is 6.88. The molecule has 0 heterocycles. The number of ether oxygens (including phenoxy) is 2. The Kier molecular flexibility index (Phi) is 8.25. The summed E-state index contributed by atoms with van der Waals surface area (Å²) < 4.78 is 27.7. The molecule has 0 aliphatic carbocycles. The molecule has 1 atom stereocenters. The molecule has 0 bridgehead atoms. The van der Waals surface area contributed by atoms with Gasteiger partial charge in [-0.2, -0.15) is 0 Å². The Balaban J connectivity index is 2.20. The van der Waals surface area contributed by atoms with E-state index in [1.165, 1.54) is 24.7 Å². The first kappa shape index (κ1) is 16.9. The highest BCUT2D eigenvalue weighted by Gasteiger charge is 2.11. The van der Waals surface area contributed by atoms with Gasteiger partial charge in [0.05, 0.1) is 26.7 Å². The van der Waals surface area contributed by atoms with Crippen LogP contribution in [-0.4, -0.2) is 39.1 Å². The normalized spacial score (nSPS) is 12.2. The first-order valence-electron chi connectivity index (χ1n) is 6.26. The number of hydrogen-bond acceptors (Lipinski definition) is 5. The lowest BCUT2D eigenvalue weighted by atomic mass is 10.2. The molecule has 20 heavy (non-hydrogen) atoms. The largest absolute Gasteiger partial charge is 0.469 e. The van der Waals surface area contributed by atoms with Gasteiger partial charge in [0.1, 0.15) is 12.8 Å². The predicted octanol–water partition coefficient (Wildman–Crippen LogP) is 2.94. The number of benzene rings is 1. The summed E-state index contributed by atoms with van der Waals surface area (Å²) in [6.45, 7) is 1.59. The molecule has 0 fully saturated rings. The number of methoxy groups -OCH3 is 1. The summed E-state index contributed by atoms with van der Waals surface area (Å²) in [5.74, 6) is -0.377. The second-order valence-electron chi connectivity index (χ2n) is 4.15. The monoisotopic (exact) mass is 302 g/mol. The van der Waals surface area contributed by atoms with Crippen LogP contribution in [-0.2, 0) is 18.5 Å². The van der Waals surface area contributed by atoms with Gasteiger partial charge < -0.3 is 13.7 Å². The Morgan fingerprint density at radius 3 is 2.65 bits per heavy atom. The molecule has 1 aromatic carbocycles. The van der Waals surface area contributed by atoms with E-state index in [2.05, 4.69) is 4.74 Å². The molecule has 0 saturated heterocycles. The molecule has 0 aromatic heterocycles. The van der Waals surface area contributed by atoms with Gasteiger partial charge in [0, 0.05) is 16.9 Å². The molecule has 1 unspecified atom stereocenters. The van der Waals surface area contributed by atoms with Gasteiger partial charge in [-0.1, -0.05) is 17.7 Å². The van der Waals surface area contributed by atoms with E-state index in [4.69, 9.17) is 8.92 Å². The zero-order chi connectivity index (χ0) is 14.8. The summed E-state index contributed by atoms with van der Waals surface area (Å²) in [5.41, 5.74) is 1.17. The lowest BCUT2D eigenvalue weighted by molar-refractivity contribution is -0.142. The molecule has 0 saturated carbocycles. The SMILES string of the molecule is COC(=O)CCOC(CF)COSc1ccc(C)cc1. The molecule has 1 rings (SSSR count). The first-order valence-corrected chi connectivity index (χ1v) is 7.00. The molecule has 6 heteroatoms. The second-order valence-corrected chi connectivity index (χ2v) is 5.03. The van der Waals surface area contributed by atoms with E-state index < -0.39 is 12.8 Å². The van der Waals surface area contributed by atoms with Crippen molar-refractivity contribution in [3.05, 3.63) is 29.8 Å². The molecule has 0 spiro atoms. The average molecular weight is 302 g/mol. The number of alkyl halides is 1. The van der Waals surface area contributed by atoms with Crippen LogP contribution in [0.2, 0.25) is 0 Å². The van der Waals surface area contributed by atoms with Crippen molar-refractivity contribution >= 4 is 18.0 Å². The van der Waals surface area contributed by atoms with E-state index in [-0.39, 0.29) is 25.6 Å². The molecule has 0 aliphatic heterocycles. The minimum absolute atomic E-state index is 0.109. The highest BCUT2D eigenvalue weighted by atomic mass is 32.2. The van der Waals surface area contributed by atoms with Gasteiger partial charge in [0.15, 0.2) is 0 Å². The number of aryl methyl sites for hydroxylation is 1. The van der Waals surface area contributed by atoms with Gasteiger partial charge >= 0.3 is 5.97 Å². The standard InChI is InChI=1S/C14H19FO4S/c1-11-3-5-13(6-4-11)20-19-10-12(9-15)18-8-7-14(16)17-2/h3-6,12H,7-10H2,1-2H3. The van der Waals surface area contributed by atoms with Crippen molar-refractivity contribution in [3.8, 4) is 0 Å². The maximum atomic E-state index is 12.7. The molecule has 112 valence electrons. The summed E-state index contributed by atoms with van der Waals surface area (Å²) in [7, 11) is 1.30. The summed E-state index contributed by atoms with van der Waals surface area (Å²) >= 11 is 1.18. The summed E-state index contributed by atoms with van der Waals surface area (Å²) in [6.07, 6.45) is -0.560. The number of hydrogen-bond donors (Lipinski definition) is 0. The molecule has 0 aliphatic rings. The Morgan fingerprint density at radius 2 is 2.05 bits per heavy atom. The van der Waals surface area contributed by atoms with Gasteiger partial charge in [-0.25, -0.2) is 4.39 Å². The highest BCUT2D eigenvalue weighted by Crippen LogP contribution is 2.19. The summed E-state index contributed by atoms with van der Waals surface area (Å²) in [4.78, 5) is 11.8. The van der Waals surface area contributed by atoms with Crippen molar-refractivity contribution in [2.24, 2.45) is 0 Å². The highest BCUT2D eigenvalue weighted by molar-refractivity contribution is 7.94. The smallest absolute Gasteiger partial charge is 0.307 e. The summed E-state index contributed by atoms with van der Waals surface area (Å²) in [5, 5.41) is 0. The van der Waals surface area contributed by atoms with Crippen molar-refractivity contribution in [3.63, 3.8) is 0 Å². The van der Waals surface area contributed by atoms with Crippen LogP contribution in [0.1, 0.15) is 12.0 Å². The van der Waals surface area contributed by atoms with E-state index >= 15 is 0 Å². The fourth-order valence-electron chi connectivity index (χ4n) is 1.32. The lowest BCUT2D eigenvalue weighted by Crippen LogP contribution is -2.22. The number of halogens is 1. The van der Waals surface area contributed by atoms with Gasteiger partial charge in [0.25, 0.3) is 0 Å². The Hall–Kier alpha value is -1.11. The fraction of sp³-hybridized carbons (Fsp3) is 0.500. The van der Waals surface area contributed by atoms with Crippen molar-refractivity contribution in [1.29, 1.82) is 0 Å². The molecule has 0 radical (unpaired) electrons. The third-order valence-electron chi connectivity index (χ3n) is 2.49. The number of rotatable bonds is 9. The molecule has 0 N–H and O–H groups in total. The van der Waals surface area contributed by atoms with Crippen molar-refractivity contribution in [2.75, 3.05) is 27.0 Å². The topological polar surface area (TPSA) is 44.8 Å². The van der Waals surface area contributed by atoms with Gasteiger partial charge in [0.2, 0.25) is 0 Å². The van der Waals surface area contributed by atoms with E-state index in [1.807, 2.05) is 31.2 Å².